The van der Waals surface area contributed by atoms with Gasteiger partial charge in [-0.3, -0.25) is 0 Å². The second-order valence-electron chi connectivity index (χ2n) is 12.5. The summed E-state index contributed by atoms with van der Waals surface area (Å²) in [4.78, 5) is 0. The van der Waals surface area contributed by atoms with E-state index >= 15 is 0 Å². The van der Waals surface area contributed by atoms with Crippen molar-refractivity contribution >= 4 is 43.6 Å². The van der Waals surface area contributed by atoms with Crippen LogP contribution in [0.5, 0.6) is 0 Å². The molecule has 1 fully saturated rings. The monoisotopic (exact) mass is 566 g/mol. The molecule has 8 aromatic rings. The molecule has 0 radical (unpaired) electrons. The number of aromatic nitrogens is 2. The Labute approximate surface area is 257 Å². The maximum absolute atomic E-state index is 2.41. The summed E-state index contributed by atoms with van der Waals surface area (Å²) >= 11 is 0. The zero-order chi connectivity index (χ0) is 29.0. The molecule has 0 spiro atoms. The molecule has 0 bridgehead atoms. The fourth-order valence-corrected chi connectivity index (χ4v) is 7.95. The van der Waals surface area contributed by atoms with E-state index in [0.717, 1.165) is 0 Å². The van der Waals surface area contributed by atoms with Crippen molar-refractivity contribution in [2.24, 2.45) is 0 Å². The molecule has 2 heterocycles. The number of nitrogens with zero attached hydrogens (tertiary/aromatic N) is 2. The predicted molar refractivity (Wildman–Crippen MR) is 186 cm³/mol. The van der Waals surface area contributed by atoms with Crippen LogP contribution in [0.25, 0.3) is 55.0 Å². The van der Waals surface area contributed by atoms with Crippen molar-refractivity contribution in [3.63, 3.8) is 0 Å². The first-order valence-corrected chi connectivity index (χ1v) is 16.0. The summed E-state index contributed by atoms with van der Waals surface area (Å²) in [5, 5.41) is 5.25. The Morgan fingerprint density at radius 2 is 0.591 bits per heavy atom. The van der Waals surface area contributed by atoms with Crippen LogP contribution in [-0.2, 0) is 0 Å². The molecule has 1 aliphatic carbocycles. The maximum atomic E-state index is 2.41. The second kappa shape index (κ2) is 10.3. The Hall–Kier alpha value is -5.08. The van der Waals surface area contributed by atoms with E-state index in [0.29, 0.717) is 11.8 Å². The van der Waals surface area contributed by atoms with Gasteiger partial charge in [0.2, 0.25) is 0 Å². The molecule has 0 N–H and O–H groups in total. The number of rotatable bonds is 4. The van der Waals surface area contributed by atoms with E-state index in [-0.39, 0.29) is 0 Å². The summed E-state index contributed by atoms with van der Waals surface area (Å²) in [6.45, 7) is 0. The second-order valence-corrected chi connectivity index (χ2v) is 12.5. The average Bonchev–Trinajstić information content (AvgIpc) is 3.62. The van der Waals surface area contributed by atoms with Crippen LogP contribution >= 0.6 is 0 Å². The fourth-order valence-electron chi connectivity index (χ4n) is 7.95. The van der Waals surface area contributed by atoms with Gasteiger partial charge in [0.15, 0.2) is 0 Å². The van der Waals surface area contributed by atoms with Gasteiger partial charge in [-0.25, -0.2) is 0 Å². The van der Waals surface area contributed by atoms with E-state index in [2.05, 4.69) is 155 Å². The highest BCUT2D eigenvalue weighted by molar-refractivity contribution is 6.10. The molecule has 9 rings (SSSR count). The summed E-state index contributed by atoms with van der Waals surface area (Å²) in [7, 11) is 0. The molecular weight excluding hydrogens is 532 g/mol. The van der Waals surface area contributed by atoms with Gasteiger partial charge in [-0.2, -0.15) is 0 Å². The highest BCUT2D eigenvalue weighted by atomic mass is 15.0. The molecule has 0 saturated heterocycles. The Bertz CT molecular complexity index is 2000. The summed E-state index contributed by atoms with van der Waals surface area (Å²) in [5.74, 6) is 1.27. The number of benzene rings is 6. The third-order valence-corrected chi connectivity index (χ3v) is 10.1. The molecule has 2 aromatic heterocycles. The van der Waals surface area contributed by atoms with Gasteiger partial charge in [0, 0.05) is 32.9 Å². The molecule has 1 saturated carbocycles. The highest BCUT2D eigenvalue weighted by Gasteiger charge is 2.24. The van der Waals surface area contributed by atoms with Crippen LogP contribution in [0.2, 0.25) is 0 Å². The largest absolute Gasteiger partial charge is 0.309 e. The van der Waals surface area contributed by atoms with Gasteiger partial charge in [0.05, 0.1) is 22.1 Å². The molecular formula is C42H34N2. The first kappa shape index (κ1) is 25.4. The minimum absolute atomic E-state index is 0.635. The van der Waals surface area contributed by atoms with E-state index in [4.69, 9.17) is 0 Å². The molecule has 0 amide bonds. The molecule has 2 heteroatoms. The summed E-state index contributed by atoms with van der Waals surface area (Å²) in [5.41, 5.74) is 10.5. The van der Waals surface area contributed by atoms with Gasteiger partial charge in [0.25, 0.3) is 0 Å². The van der Waals surface area contributed by atoms with Gasteiger partial charge >= 0.3 is 0 Å². The fraction of sp³-hybridized carbons (Fsp3) is 0.143. The van der Waals surface area contributed by atoms with E-state index < -0.39 is 0 Å². The zero-order valence-electron chi connectivity index (χ0n) is 24.7. The number of fused-ring (bicyclic) bond motifs is 6. The van der Waals surface area contributed by atoms with Crippen molar-refractivity contribution in [2.75, 3.05) is 0 Å². The van der Waals surface area contributed by atoms with E-state index in [1.165, 1.54) is 91.8 Å². The smallest absolute Gasteiger partial charge is 0.0541 e. The standard InChI is InChI=1S/C42H34N2/c1-5-13-39-35(9-1)36-10-2-6-14-40(36)43(39)33-25-21-31(22-26-33)29-17-19-30(20-18-29)32-23-27-34(28-24-32)44-41-15-7-3-11-37(41)38-12-4-8-16-42(38)44/h1-16,21-30H,17-20H2. The Kier molecular flexibility index (Phi) is 5.94. The maximum Gasteiger partial charge on any atom is 0.0541 e. The van der Waals surface area contributed by atoms with Crippen molar-refractivity contribution in [3.05, 3.63) is 157 Å². The van der Waals surface area contributed by atoms with Crippen LogP contribution in [0.15, 0.2) is 146 Å². The summed E-state index contributed by atoms with van der Waals surface area (Å²) in [6.07, 6.45) is 4.98. The Morgan fingerprint density at radius 1 is 0.318 bits per heavy atom. The number of para-hydroxylation sites is 4. The zero-order valence-corrected chi connectivity index (χ0v) is 24.7. The molecule has 0 aliphatic heterocycles. The molecule has 1 aliphatic rings. The Morgan fingerprint density at radius 3 is 0.886 bits per heavy atom. The Balaban J connectivity index is 0.939. The van der Waals surface area contributed by atoms with Gasteiger partial charge in [-0.05, 0) is 97.2 Å². The van der Waals surface area contributed by atoms with Crippen molar-refractivity contribution in [1.29, 1.82) is 0 Å². The van der Waals surface area contributed by atoms with E-state index in [1.54, 1.807) is 0 Å². The van der Waals surface area contributed by atoms with E-state index in [9.17, 15) is 0 Å². The lowest BCUT2D eigenvalue weighted by Gasteiger charge is -2.29. The molecule has 6 aromatic carbocycles. The van der Waals surface area contributed by atoms with Crippen molar-refractivity contribution < 1.29 is 0 Å². The first-order valence-electron chi connectivity index (χ1n) is 16.0. The van der Waals surface area contributed by atoms with Crippen LogP contribution in [0.1, 0.15) is 48.6 Å². The lowest BCUT2D eigenvalue weighted by atomic mass is 9.76. The average molecular weight is 567 g/mol. The van der Waals surface area contributed by atoms with Crippen molar-refractivity contribution in [3.8, 4) is 11.4 Å². The van der Waals surface area contributed by atoms with Gasteiger partial charge in [0.1, 0.15) is 0 Å². The van der Waals surface area contributed by atoms with Gasteiger partial charge in [-0.1, -0.05) is 97.1 Å². The molecule has 44 heavy (non-hydrogen) atoms. The lowest BCUT2D eigenvalue weighted by Crippen LogP contribution is -2.12. The highest BCUT2D eigenvalue weighted by Crippen LogP contribution is 2.41. The minimum Gasteiger partial charge on any atom is -0.309 e. The number of hydrogen-bond acceptors (Lipinski definition) is 0. The van der Waals surface area contributed by atoms with Crippen LogP contribution < -0.4 is 0 Å². The predicted octanol–water partition coefficient (Wildman–Crippen LogP) is 11.3. The third-order valence-electron chi connectivity index (χ3n) is 10.1. The molecule has 2 nitrogen and oxygen atoms in total. The minimum atomic E-state index is 0.635. The number of hydrogen-bond donors (Lipinski definition) is 0. The molecule has 0 atom stereocenters. The van der Waals surface area contributed by atoms with Gasteiger partial charge in [-0.15, -0.1) is 0 Å². The first-order chi connectivity index (χ1) is 21.8. The SMILES string of the molecule is c1ccc2c(c1)c1ccccc1n2-c1ccc(C2CCC(c3ccc(-n4c5ccccc5c5ccccc54)cc3)CC2)cc1. The third kappa shape index (κ3) is 4.02. The van der Waals surface area contributed by atoms with Gasteiger partial charge < -0.3 is 9.13 Å². The summed E-state index contributed by atoms with van der Waals surface area (Å²) < 4.78 is 4.82. The van der Waals surface area contributed by atoms with Crippen molar-refractivity contribution in [1.82, 2.24) is 9.13 Å². The van der Waals surface area contributed by atoms with Crippen LogP contribution in [0.3, 0.4) is 0 Å². The van der Waals surface area contributed by atoms with Crippen LogP contribution in [0.4, 0.5) is 0 Å². The normalized spacial score (nSPS) is 17.2. The lowest BCUT2D eigenvalue weighted by molar-refractivity contribution is 0.396. The van der Waals surface area contributed by atoms with Crippen LogP contribution in [-0.4, -0.2) is 9.13 Å². The van der Waals surface area contributed by atoms with E-state index in [1.807, 2.05) is 0 Å². The van der Waals surface area contributed by atoms with Crippen LogP contribution in [0, 0.1) is 0 Å². The van der Waals surface area contributed by atoms with Crippen molar-refractivity contribution in [2.45, 2.75) is 37.5 Å². The molecule has 212 valence electrons. The molecule has 0 unspecified atom stereocenters. The summed E-state index contributed by atoms with van der Waals surface area (Å²) in [6, 6.07) is 53.8. The topological polar surface area (TPSA) is 9.86 Å². The quantitative estimate of drug-likeness (QED) is 0.200.